The minimum atomic E-state index is -4.42. The average Bonchev–Trinajstić information content (AvgIpc) is 2.53. The average molecular weight is 347 g/mol. The molecular weight excluding hydrogens is 331 g/mol. The molecule has 2 rings (SSSR count). The summed E-state index contributed by atoms with van der Waals surface area (Å²) in [4.78, 5) is 28.9. The van der Waals surface area contributed by atoms with Gasteiger partial charge in [-0.2, -0.15) is 13.2 Å². The first-order chi connectivity index (χ1) is 11.2. The molecule has 0 unspecified atom stereocenters. The Morgan fingerprint density at radius 1 is 1.29 bits per heavy atom. The first-order valence-electron chi connectivity index (χ1n) is 7.16. The van der Waals surface area contributed by atoms with Gasteiger partial charge in [-0.25, -0.2) is 0 Å². The predicted octanol–water partition coefficient (Wildman–Crippen LogP) is 0.790. The highest BCUT2D eigenvalue weighted by Gasteiger charge is 2.28. The number of amides is 1. The van der Waals surface area contributed by atoms with Crippen molar-refractivity contribution in [3.05, 3.63) is 28.4 Å². The topological polar surface area (TPSA) is 91.6 Å². The van der Waals surface area contributed by atoms with E-state index in [2.05, 4.69) is 4.98 Å². The van der Waals surface area contributed by atoms with E-state index < -0.39 is 23.6 Å². The Kier molecular flexibility index (Phi) is 5.54. The van der Waals surface area contributed by atoms with Gasteiger partial charge in [-0.1, -0.05) is 0 Å². The first-order valence-corrected chi connectivity index (χ1v) is 7.16. The molecule has 2 heterocycles. The number of rotatable bonds is 5. The summed E-state index contributed by atoms with van der Waals surface area (Å²) in [5, 5.41) is 12.4. The van der Waals surface area contributed by atoms with Gasteiger partial charge >= 0.3 is 12.0 Å². The molecule has 1 aliphatic rings. The maximum atomic E-state index is 12.0. The molecular formula is C13H16F3N5O3. The summed E-state index contributed by atoms with van der Waals surface area (Å²) in [5.41, 5.74) is 0.724. The van der Waals surface area contributed by atoms with E-state index in [4.69, 9.17) is 0 Å². The van der Waals surface area contributed by atoms with Crippen molar-refractivity contribution in [2.45, 2.75) is 6.18 Å². The van der Waals surface area contributed by atoms with E-state index >= 15 is 0 Å². The Labute approximate surface area is 135 Å². The number of pyridine rings is 1. The molecule has 0 aromatic carbocycles. The minimum Gasteiger partial charge on any atom is -0.366 e. The lowest BCUT2D eigenvalue weighted by atomic mass is 10.2. The lowest BCUT2D eigenvalue weighted by Gasteiger charge is -2.35. The second kappa shape index (κ2) is 7.43. The van der Waals surface area contributed by atoms with Gasteiger partial charge in [0.2, 0.25) is 5.91 Å². The number of nitro groups is 1. The van der Waals surface area contributed by atoms with Crippen molar-refractivity contribution in [2.75, 3.05) is 44.2 Å². The van der Waals surface area contributed by atoms with Gasteiger partial charge in [-0.15, -0.1) is 0 Å². The molecule has 0 atom stereocenters. The Morgan fingerprint density at radius 2 is 1.96 bits per heavy atom. The van der Waals surface area contributed by atoms with Crippen molar-refractivity contribution in [2.24, 2.45) is 0 Å². The Hall–Kier alpha value is -2.43. The van der Waals surface area contributed by atoms with Crippen molar-refractivity contribution >= 4 is 17.4 Å². The molecule has 1 aromatic rings. The van der Waals surface area contributed by atoms with E-state index in [9.17, 15) is 28.1 Å². The molecule has 132 valence electrons. The fraction of sp³-hybridized carbons (Fsp3) is 0.538. The minimum absolute atomic E-state index is 0.0948. The molecule has 8 nitrogen and oxygen atoms in total. The van der Waals surface area contributed by atoms with Gasteiger partial charge in [-0.05, 0) is 16.0 Å². The third kappa shape index (κ3) is 5.33. The van der Waals surface area contributed by atoms with E-state index in [0.29, 0.717) is 26.2 Å². The lowest BCUT2D eigenvalue weighted by molar-refractivity contribution is -0.389. The van der Waals surface area contributed by atoms with Gasteiger partial charge in [0.25, 0.3) is 0 Å². The van der Waals surface area contributed by atoms with Crippen LogP contribution in [0.2, 0.25) is 0 Å². The number of aromatic nitrogens is 1. The van der Waals surface area contributed by atoms with Crippen LogP contribution in [0.15, 0.2) is 18.3 Å². The maximum Gasteiger partial charge on any atom is 0.405 e. The largest absolute Gasteiger partial charge is 0.405 e. The van der Waals surface area contributed by atoms with Crippen LogP contribution >= 0.6 is 0 Å². The number of halogens is 3. The number of anilines is 1. The quantitative estimate of drug-likeness (QED) is 0.625. The van der Waals surface area contributed by atoms with Gasteiger partial charge in [0.1, 0.15) is 6.54 Å². The Balaban J connectivity index is 1.78. The highest BCUT2D eigenvalue weighted by molar-refractivity contribution is 5.78. The van der Waals surface area contributed by atoms with Crippen molar-refractivity contribution < 1.29 is 22.9 Å². The third-order valence-electron chi connectivity index (χ3n) is 3.51. The first kappa shape index (κ1) is 17.9. The van der Waals surface area contributed by atoms with Crippen LogP contribution in [0, 0.1) is 10.1 Å². The Bertz CT molecular complexity index is 586. The molecule has 1 saturated heterocycles. The molecule has 0 saturated carbocycles. The van der Waals surface area contributed by atoms with Crippen molar-refractivity contribution in [1.82, 2.24) is 15.2 Å². The maximum absolute atomic E-state index is 12.0. The molecule has 0 aliphatic carbocycles. The summed E-state index contributed by atoms with van der Waals surface area (Å²) in [7, 11) is 0. The second-order valence-electron chi connectivity index (χ2n) is 5.29. The number of nitrogens with one attached hydrogen (secondary N) is 1. The van der Waals surface area contributed by atoms with Crippen LogP contribution < -0.4 is 10.2 Å². The zero-order chi connectivity index (χ0) is 17.7. The van der Waals surface area contributed by atoms with Crippen molar-refractivity contribution in [1.29, 1.82) is 0 Å². The summed E-state index contributed by atoms with van der Waals surface area (Å²) in [5.74, 6) is -0.906. The van der Waals surface area contributed by atoms with E-state index in [1.54, 1.807) is 11.0 Å². The molecule has 0 radical (unpaired) electrons. The van der Waals surface area contributed by atoms with Crippen LogP contribution in [-0.4, -0.2) is 66.2 Å². The summed E-state index contributed by atoms with van der Waals surface area (Å²) in [6, 6.07) is 2.91. The number of nitrogens with zero attached hydrogens (tertiary/aromatic N) is 4. The lowest BCUT2D eigenvalue weighted by Crippen LogP contribution is -2.50. The smallest absolute Gasteiger partial charge is 0.366 e. The number of alkyl halides is 3. The van der Waals surface area contributed by atoms with E-state index in [1.165, 1.54) is 12.3 Å². The normalized spacial score (nSPS) is 16.0. The molecule has 0 spiro atoms. The van der Waals surface area contributed by atoms with Gasteiger partial charge < -0.3 is 20.3 Å². The number of carbonyl (C=O) groups excluding carboxylic acids is 1. The fourth-order valence-corrected chi connectivity index (χ4v) is 2.30. The van der Waals surface area contributed by atoms with E-state index in [-0.39, 0.29) is 12.4 Å². The van der Waals surface area contributed by atoms with E-state index in [0.717, 1.165) is 5.69 Å². The Morgan fingerprint density at radius 3 is 2.46 bits per heavy atom. The van der Waals surface area contributed by atoms with Crippen molar-refractivity contribution in [3.63, 3.8) is 0 Å². The van der Waals surface area contributed by atoms with Gasteiger partial charge in [0.15, 0.2) is 6.20 Å². The van der Waals surface area contributed by atoms with Crippen LogP contribution in [0.5, 0.6) is 0 Å². The summed E-state index contributed by atoms with van der Waals surface area (Å²) < 4.78 is 36.1. The number of hydrogen-bond donors (Lipinski definition) is 1. The summed E-state index contributed by atoms with van der Waals surface area (Å²) >= 11 is 0. The molecule has 1 aliphatic heterocycles. The zero-order valence-corrected chi connectivity index (χ0v) is 12.6. The fourth-order valence-electron chi connectivity index (χ4n) is 2.30. The highest BCUT2D eigenvalue weighted by Crippen LogP contribution is 2.18. The number of carbonyl (C=O) groups is 1. The zero-order valence-electron chi connectivity index (χ0n) is 12.6. The van der Waals surface area contributed by atoms with Crippen molar-refractivity contribution in [3.8, 4) is 0 Å². The standard InChI is InChI=1S/C13H16F3N5O3/c14-13(15,16)9-18-12(22)8-19-3-5-20(6-4-19)10-1-2-11(17-7-10)21(23)24/h1-2,7H,3-6,8-9H2,(H,18,22). The van der Waals surface area contributed by atoms with Gasteiger partial charge in [-0.3, -0.25) is 9.69 Å². The van der Waals surface area contributed by atoms with Crippen LogP contribution in [0.1, 0.15) is 0 Å². The summed E-state index contributed by atoms with van der Waals surface area (Å²) in [6.07, 6.45) is -3.01. The SMILES string of the molecule is O=C(CN1CCN(c2ccc([N+](=O)[O-])nc2)CC1)NCC(F)(F)F. The van der Waals surface area contributed by atoms with Crippen LogP contribution in [-0.2, 0) is 4.79 Å². The van der Waals surface area contributed by atoms with Crippen LogP contribution in [0.4, 0.5) is 24.7 Å². The molecule has 24 heavy (non-hydrogen) atoms. The van der Waals surface area contributed by atoms with Crippen LogP contribution in [0.25, 0.3) is 0 Å². The molecule has 11 heteroatoms. The molecule has 1 fully saturated rings. The molecule has 1 N–H and O–H groups in total. The predicted molar refractivity (Wildman–Crippen MR) is 78.6 cm³/mol. The van der Waals surface area contributed by atoms with Gasteiger partial charge in [0.05, 0.1) is 12.2 Å². The monoisotopic (exact) mass is 347 g/mol. The van der Waals surface area contributed by atoms with Gasteiger partial charge in [0, 0.05) is 32.2 Å². The molecule has 1 amide bonds. The van der Waals surface area contributed by atoms with E-state index in [1.807, 2.05) is 10.2 Å². The molecule has 0 bridgehead atoms. The van der Waals surface area contributed by atoms with Crippen LogP contribution in [0.3, 0.4) is 0 Å². The number of piperazine rings is 1. The number of hydrogen-bond acceptors (Lipinski definition) is 6. The molecule has 1 aromatic heterocycles. The summed E-state index contributed by atoms with van der Waals surface area (Å²) in [6.45, 7) is 0.660. The third-order valence-corrected chi connectivity index (χ3v) is 3.51. The highest BCUT2D eigenvalue weighted by atomic mass is 19.4. The second-order valence-corrected chi connectivity index (χ2v) is 5.29.